The molecule has 0 radical (unpaired) electrons. The second-order valence-electron chi connectivity index (χ2n) is 7.06. The van der Waals surface area contributed by atoms with E-state index in [1.807, 2.05) is 0 Å². The van der Waals surface area contributed by atoms with Gasteiger partial charge < -0.3 is 10.0 Å². The van der Waals surface area contributed by atoms with Gasteiger partial charge in [-0.2, -0.15) is 0 Å². The van der Waals surface area contributed by atoms with E-state index < -0.39 is 33.6 Å². The molecule has 0 bridgehead atoms. The van der Waals surface area contributed by atoms with Gasteiger partial charge in [0.05, 0.1) is 23.1 Å². The number of rotatable bonds is 3. The second-order valence-corrected chi connectivity index (χ2v) is 9.72. The molecule has 0 aliphatic carbocycles. The number of Topliss-reactive ketones (excluding diaryl/α,β-unsaturated/α-hetero) is 1. The fourth-order valence-corrected chi connectivity index (χ4v) is 5.69. The molecule has 1 aromatic carbocycles. The van der Waals surface area contributed by atoms with Crippen molar-refractivity contribution < 1.29 is 23.1 Å². The quantitative estimate of drug-likeness (QED) is 0.453. The summed E-state index contributed by atoms with van der Waals surface area (Å²) in [5, 5.41) is 11.4. The number of nitrogens with zero attached hydrogens (tertiary/aromatic N) is 2. The summed E-state index contributed by atoms with van der Waals surface area (Å²) < 4.78 is 24.0. The second kappa shape index (κ2) is 7.27. The van der Waals surface area contributed by atoms with Gasteiger partial charge in [-0.3, -0.25) is 14.6 Å². The van der Waals surface area contributed by atoms with Crippen molar-refractivity contribution in [1.29, 1.82) is 0 Å². The van der Waals surface area contributed by atoms with E-state index in [1.165, 1.54) is 11.1 Å². The van der Waals surface area contributed by atoms with Crippen LogP contribution < -0.4 is 0 Å². The SMILES string of the molecule is O=C1C(=O)N([C@@H]2CCS(=O)(=O)C2)[C@@H](c2cccnc2)/C1=C(\O)c1ccc(Cl)cc1. The van der Waals surface area contributed by atoms with Crippen molar-refractivity contribution in [3.8, 4) is 0 Å². The maximum Gasteiger partial charge on any atom is 0.295 e. The molecular formula is C20H17ClN2O5S. The molecule has 150 valence electrons. The van der Waals surface area contributed by atoms with Gasteiger partial charge in [-0.05, 0) is 42.3 Å². The molecule has 2 aliphatic heterocycles. The standard InChI is InChI=1S/C20H17ClN2O5S/c21-14-5-3-12(4-6-14)18(24)16-17(13-2-1-8-22-10-13)23(20(26)19(16)25)15-7-9-29(27,28)11-15/h1-6,8,10,15,17,24H,7,9,11H2/b18-16+/t15-,17+/m1/s1. The lowest BCUT2D eigenvalue weighted by molar-refractivity contribution is -0.141. The summed E-state index contributed by atoms with van der Waals surface area (Å²) in [6, 6.07) is 8.01. The number of benzene rings is 1. The first kappa shape index (κ1) is 19.6. The zero-order chi connectivity index (χ0) is 20.8. The summed E-state index contributed by atoms with van der Waals surface area (Å²) in [6.07, 6.45) is 3.30. The van der Waals surface area contributed by atoms with Gasteiger partial charge in [-0.15, -0.1) is 0 Å². The largest absolute Gasteiger partial charge is 0.507 e. The maximum absolute atomic E-state index is 12.9. The zero-order valence-corrected chi connectivity index (χ0v) is 16.7. The predicted molar refractivity (Wildman–Crippen MR) is 107 cm³/mol. The molecule has 9 heteroatoms. The van der Waals surface area contributed by atoms with Crippen molar-refractivity contribution in [2.75, 3.05) is 11.5 Å². The number of hydrogen-bond acceptors (Lipinski definition) is 6. The van der Waals surface area contributed by atoms with Gasteiger partial charge in [-0.25, -0.2) is 8.42 Å². The van der Waals surface area contributed by atoms with Crippen LogP contribution in [0, 0.1) is 0 Å². The van der Waals surface area contributed by atoms with E-state index in [0.29, 0.717) is 16.1 Å². The van der Waals surface area contributed by atoms with E-state index in [4.69, 9.17) is 11.6 Å². The molecule has 2 aliphatic rings. The Morgan fingerprint density at radius 2 is 1.90 bits per heavy atom. The highest BCUT2D eigenvalue weighted by Gasteiger charge is 2.51. The van der Waals surface area contributed by atoms with Crippen LogP contribution in [0.15, 0.2) is 54.4 Å². The Morgan fingerprint density at radius 1 is 1.17 bits per heavy atom. The Balaban J connectivity index is 1.88. The number of aliphatic hydroxyl groups is 1. The van der Waals surface area contributed by atoms with Crippen LogP contribution in [0.2, 0.25) is 5.02 Å². The molecule has 2 aromatic rings. The third kappa shape index (κ3) is 3.54. The lowest BCUT2D eigenvalue weighted by Gasteiger charge is -2.29. The molecule has 0 unspecified atom stereocenters. The van der Waals surface area contributed by atoms with Crippen molar-refractivity contribution in [1.82, 2.24) is 9.88 Å². The normalized spacial score (nSPS) is 25.5. The number of hydrogen-bond donors (Lipinski definition) is 1. The number of carbonyl (C=O) groups is 2. The van der Waals surface area contributed by atoms with Crippen LogP contribution in [0.4, 0.5) is 0 Å². The summed E-state index contributed by atoms with van der Waals surface area (Å²) in [5.41, 5.74) is 0.765. The molecule has 7 nitrogen and oxygen atoms in total. The first-order chi connectivity index (χ1) is 13.8. The van der Waals surface area contributed by atoms with Crippen LogP contribution in [-0.2, 0) is 19.4 Å². The van der Waals surface area contributed by atoms with Crippen molar-refractivity contribution >= 4 is 38.9 Å². The monoisotopic (exact) mass is 432 g/mol. The molecular weight excluding hydrogens is 416 g/mol. The Bertz CT molecular complexity index is 1110. The van der Waals surface area contributed by atoms with E-state index in [2.05, 4.69) is 4.98 Å². The average molecular weight is 433 g/mol. The van der Waals surface area contributed by atoms with Crippen LogP contribution in [0.5, 0.6) is 0 Å². The van der Waals surface area contributed by atoms with Crippen molar-refractivity contribution in [3.63, 3.8) is 0 Å². The third-order valence-corrected chi connectivity index (χ3v) is 7.20. The topological polar surface area (TPSA) is 105 Å². The molecule has 3 heterocycles. The Morgan fingerprint density at radius 3 is 2.48 bits per heavy atom. The highest BCUT2D eigenvalue weighted by molar-refractivity contribution is 7.91. The molecule has 2 saturated heterocycles. The molecule has 0 spiro atoms. The minimum atomic E-state index is -3.29. The number of sulfone groups is 1. The van der Waals surface area contributed by atoms with Crippen molar-refractivity contribution in [2.24, 2.45) is 0 Å². The lowest BCUT2D eigenvalue weighted by atomic mass is 9.96. The smallest absolute Gasteiger partial charge is 0.295 e. The number of pyridine rings is 1. The number of amides is 1. The number of carbonyl (C=O) groups excluding carboxylic acids is 2. The summed E-state index contributed by atoms with van der Waals surface area (Å²) in [7, 11) is -3.29. The maximum atomic E-state index is 12.9. The van der Waals surface area contributed by atoms with Gasteiger partial charge in [0.25, 0.3) is 11.7 Å². The van der Waals surface area contributed by atoms with Gasteiger partial charge in [-0.1, -0.05) is 17.7 Å². The number of halogens is 1. The number of likely N-dealkylation sites (tertiary alicyclic amines) is 1. The van der Waals surface area contributed by atoms with E-state index >= 15 is 0 Å². The van der Waals surface area contributed by atoms with E-state index in [-0.39, 0.29) is 29.3 Å². The summed E-state index contributed by atoms with van der Waals surface area (Å²) in [4.78, 5) is 31.1. The number of ketones is 1. The van der Waals surface area contributed by atoms with Crippen LogP contribution in [0.25, 0.3) is 5.76 Å². The van der Waals surface area contributed by atoms with Crippen LogP contribution in [0.1, 0.15) is 23.6 Å². The zero-order valence-electron chi connectivity index (χ0n) is 15.2. The van der Waals surface area contributed by atoms with Crippen LogP contribution in [-0.4, -0.2) is 52.6 Å². The van der Waals surface area contributed by atoms with E-state index in [0.717, 1.165) is 0 Å². The average Bonchev–Trinajstić information content (AvgIpc) is 3.19. The first-order valence-corrected chi connectivity index (χ1v) is 11.1. The van der Waals surface area contributed by atoms with Crippen LogP contribution in [0.3, 0.4) is 0 Å². The Kier molecular flexibility index (Phi) is 4.92. The summed E-state index contributed by atoms with van der Waals surface area (Å²) in [5.74, 6) is -2.26. The van der Waals surface area contributed by atoms with E-state index in [1.54, 1.807) is 42.6 Å². The van der Waals surface area contributed by atoms with Gasteiger partial charge in [0.1, 0.15) is 5.76 Å². The lowest BCUT2D eigenvalue weighted by Crippen LogP contribution is -2.40. The molecule has 4 rings (SSSR count). The van der Waals surface area contributed by atoms with Gasteiger partial charge >= 0.3 is 0 Å². The Hall–Kier alpha value is -2.71. The molecule has 29 heavy (non-hydrogen) atoms. The fourth-order valence-electron chi connectivity index (χ4n) is 3.85. The molecule has 1 N–H and O–H groups in total. The molecule has 0 saturated carbocycles. The molecule has 2 atom stereocenters. The van der Waals surface area contributed by atoms with Gasteiger partial charge in [0.2, 0.25) is 0 Å². The third-order valence-electron chi connectivity index (χ3n) is 5.20. The minimum absolute atomic E-state index is 0.0440. The molecule has 1 amide bonds. The van der Waals surface area contributed by atoms with Gasteiger partial charge in [0.15, 0.2) is 9.84 Å². The summed E-state index contributed by atoms with van der Waals surface area (Å²) >= 11 is 5.90. The number of aliphatic hydroxyl groups excluding tert-OH is 1. The Labute approximate surface area is 172 Å². The van der Waals surface area contributed by atoms with Crippen molar-refractivity contribution in [3.05, 3.63) is 70.5 Å². The highest BCUT2D eigenvalue weighted by atomic mass is 35.5. The van der Waals surface area contributed by atoms with E-state index in [9.17, 15) is 23.1 Å². The van der Waals surface area contributed by atoms with Crippen molar-refractivity contribution in [2.45, 2.75) is 18.5 Å². The van der Waals surface area contributed by atoms with Crippen LogP contribution >= 0.6 is 11.6 Å². The number of aromatic nitrogens is 1. The summed E-state index contributed by atoms with van der Waals surface area (Å²) in [6.45, 7) is 0. The minimum Gasteiger partial charge on any atom is -0.507 e. The molecule has 2 fully saturated rings. The molecule has 1 aromatic heterocycles. The fraction of sp³-hybridized carbons (Fsp3) is 0.250. The first-order valence-electron chi connectivity index (χ1n) is 8.95. The predicted octanol–water partition coefficient (Wildman–Crippen LogP) is 2.34. The van der Waals surface area contributed by atoms with Gasteiger partial charge in [0, 0.05) is 29.0 Å². The highest BCUT2D eigenvalue weighted by Crippen LogP contribution is 2.42.